The summed E-state index contributed by atoms with van der Waals surface area (Å²) in [6.07, 6.45) is 1.31. The van der Waals surface area contributed by atoms with Gasteiger partial charge >= 0.3 is 11.9 Å². The second-order valence-corrected chi connectivity index (χ2v) is 5.19. The number of hydrogen-bond acceptors (Lipinski definition) is 6. The first-order valence-electron chi connectivity index (χ1n) is 6.05. The van der Waals surface area contributed by atoms with Gasteiger partial charge in [0.1, 0.15) is 10.9 Å². The van der Waals surface area contributed by atoms with Crippen LogP contribution in [0.25, 0.3) is 0 Å². The van der Waals surface area contributed by atoms with E-state index in [1.807, 2.05) is 0 Å². The molecule has 2 N–H and O–H groups in total. The van der Waals surface area contributed by atoms with Crippen molar-refractivity contribution < 1.29 is 24.2 Å². The van der Waals surface area contributed by atoms with Crippen LogP contribution >= 0.6 is 11.3 Å². The van der Waals surface area contributed by atoms with Crippen LogP contribution in [0.2, 0.25) is 0 Å². The number of aromatic nitrogens is 1. The molecule has 0 spiro atoms. The third-order valence-corrected chi connectivity index (χ3v) is 3.30. The maximum Gasteiger partial charge on any atom is 0.326 e. The largest absolute Gasteiger partial charge is 0.480 e. The Labute approximate surface area is 120 Å². The molecule has 1 heterocycles. The zero-order valence-corrected chi connectivity index (χ0v) is 12.0. The van der Waals surface area contributed by atoms with Gasteiger partial charge in [-0.15, -0.1) is 11.3 Å². The Balaban J connectivity index is 2.57. The first kappa shape index (κ1) is 16.1. The molecular weight excluding hydrogens is 284 g/mol. The predicted octanol–water partition coefficient (Wildman–Crippen LogP) is 0.978. The van der Waals surface area contributed by atoms with Gasteiger partial charge in [0.2, 0.25) is 0 Å². The highest BCUT2D eigenvalue weighted by molar-refractivity contribution is 7.13. The summed E-state index contributed by atoms with van der Waals surface area (Å²) in [5.74, 6) is -2.18. The number of hydrogen-bond donors (Lipinski definition) is 2. The van der Waals surface area contributed by atoms with Gasteiger partial charge < -0.3 is 15.2 Å². The molecule has 0 radical (unpaired) electrons. The Kier molecular flexibility index (Phi) is 6.10. The van der Waals surface area contributed by atoms with E-state index in [1.54, 1.807) is 13.8 Å². The number of carbonyl (C=O) groups excluding carboxylic acids is 2. The van der Waals surface area contributed by atoms with E-state index in [9.17, 15) is 14.4 Å². The quantitative estimate of drug-likeness (QED) is 0.727. The van der Waals surface area contributed by atoms with Crippen molar-refractivity contribution in [3.8, 4) is 0 Å². The molecule has 0 aliphatic rings. The molecule has 110 valence electrons. The summed E-state index contributed by atoms with van der Waals surface area (Å²) in [5, 5.41) is 12.1. The Morgan fingerprint density at radius 1 is 1.50 bits per heavy atom. The molecule has 1 amide bonds. The average Bonchev–Trinajstić information content (AvgIpc) is 2.81. The molecule has 0 aliphatic carbocycles. The fourth-order valence-electron chi connectivity index (χ4n) is 1.45. The average molecular weight is 300 g/mol. The number of aryl methyl sites for hydroxylation is 1. The number of nitrogens with one attached hydrogen (secondary N) is 1. The third kappa shape index (κ3) is 4.96. The summed E-state index contributed by atoms with van der Waals surface area (Å²) < 4.78 is 4.71. The van der Waals surface area contributed by atoms with Crippen LogP contribution in [0.15, 0.2) is 6.20 Å². The van der Waals surface area contributed by atoms with E-state index >= 15 is 0 Å². The number of amides is 1. The maximum absolute atomic E-state index is 11.8. The van der Waals surface area contributed by atoms with E-state index < -0.39 is 23.9 Å². The second kappa shape index (κ2) is 7.59. The lowest BCUT2D eigenvalue weighted by molar-refractivity contribution is -0.144. The fraction of sp³-hybridized carbons (Fsp3) is 0.500. The maximum atomic E-state index is 11.8. The molecule has 0 fully saturated rings. The van der Waals surface area contributed by atoms with Gasteiger partial charge in [-0.05, 0) is 20.3 Å². The molecule has 20 heavy (non-hydrogen) atoms. The molecule has 1 rings (SSSR count). The van der Waals surface area contributed by atoms with Crippen LogP contribution in [0, 0.1) is 6.92 Å². The highest BCUT2D eigenvalue weighted by Gasteiger charge is 2.22. The summed E-state index contributed by atoms with van der Waals surface area (Å²) >= 11 is 1.17. The molecule has 0 aliphatic heterocycles. The van der Waals surface area contributed by atoms with Gasteiger partial charge in [0, 0.05) is 6.42 Å². The van der Waals surface area contributed by atoms with Gasteiger partial charge in [0.15, 0.2) is 0 Å². The van der Waals surface area contributed by atoms with Gasteiger partial charge in [-0.25, -0.2) is 9.78 Å². The van der Waals surface area contributed by atoms with Crippen molar-refractivity contribution >= 4 is 29.2 Å². The molecule has 0 saturated heterocycles. The van der Waals surface area contributed by atoms with Crippen LogP contribution < -0.4 is 5.32 Å². The molecule has 1 atom stereocenters. The molecule has 1 aromatic rings. The first-order valence-corrected chi connectivity index (χ1v) is 6.87. The molecule has 0 aromatic carbocycles. The fourth-order valence-corrected chi connectivity index (χ4v) is 2.13. The zero-order valence-electron chi connectivity index (χ0n) is 11.2. The Hall–Kier alpha value is -1.96. The Morgan fingerprint density at radius 3 is 2.70 bits per heavy atom. The van der Waals surface area contributed by atoms with E-state index in [2.05, 4.69) is 10.3 Å². The summed E-state index contributed by atoms with van der Waals surface area (Å²) in [7, 11) is 0. The number of thiazole rings is 1. The van der Waals surface area contributed by atoms with Crippen LogP contribution in [0.3, 0.4) is 0 Å². The minimum Gasteiger partial charge on any atom is -0.480 e. The molecule has 1 aromatic heterocycles. The molecule has 7 nitrogen and oxygen atoms in total. The van der Waals surface area contributed by atoms with Gasteiger partial charge in [-0.1, -0.05) is 0 Å². The monoisotopic (exact) mass is 300 g/mol. The topological polar surface area (TPSA) is 106 Å². The predicted molar refractivity (Wildman–Crippen MR) is 71.6 cm³/mol. The van der Waals surface area contributed by atoms with Crippen molar-refractivity contribution in [2.45, 2.75) is 32.7 Å². The third-order valence-electron chi connectivity index (χ3n) is 2.39. The lowest BCUT2D eigenvalue weighted by Crippen LogP contribution is -2.40. The number of rotatable bonds is 7. The number of nitrogens with zero attached hydrogens (tertiary/aromatic N) is 1. The number of carbonyl (C=O) groups is 3. The Morgan fingerprint density at radius 2 is 2.20 bits per heavy atom. The second-order valence-electron chi connectivity index (χ2n) is 3.95. The van der Waals surface area contributed by atoms with Crippen molar-refractivity contribution in [2.24, 2.45) is 0 Å². The lowest BCUT2D eigenvalue weighted by Gasteiger charge is -2.13. The number of aliphatic carboxylic acids is 1. The van der Waals surface area contributed by atoms with Gasteiger partial charge in [-0.2, -0.15) is 0 Å². The van der Waals surface area contributed by atoms with Crippen molar-refractivity contribution in [1.29, 1.82) is 0 Å². The molecule has 0 saturated carbocycles. The Bertz CT molecular complexity index is 500. The molecule has 0 unspecified atom stereocenters. The van der Waals surface area contributed by atoms with E-state index in [-0.39, 0.29) is 19.4 Å². The van der Waals surface area contributed by atoms with Gasteiger partial charge in [-0.3, -0.25) is 9.59 Å². The summed E-state index contributed by atoms with van der Waals surface area (Å²) in [6, 6.07) is -1.13. The smallest absolute Gasteiger partial charge is 0.326 e. The normalized spacial score (nSPS) is 11.7. The van der Waals surface area contributed by atoms with E-state index in [4.69, 9.17) is 9.84 Å². The van der Waals surface area contributed by atoms with Gasteiger partial charge in [0.05, 0.1) is 17.8 Å². The number of carboxylic acids is 1. The number of carboxylic acid groups (broad SMARTS) is 1. The van der Waals surface area contributed by atoms with E-state index in [0.717, 1.165) is 0 Å². The van der Waals surface area contributed by atoms with E-state index in [0.29, 0.717) is 9.88 Å². The van der Waals surface area contributed by atoms with Crippen molar-refractivity contribution in [2.75, 3.05) is 6.61 Å². The van der Waals surface area contributed by atoms with Crippen LogP contribution in [-0.2, 0) is 14.3 Å². The van der Waals surface area contributed by atoms with Crippen LogP contribution in [0.5, 0.6) is 0 Å². The SMILES string of the molecule is CCOC(=O)CC[C@H](NC(=O)c1cnc(C)s1)C(=O)O. The first-order chi connectivity index (χ1) is 9.43. The molecule has 8 heteroatoms. The van der Waals surface area contributed by atoms with Crippen LogP contribution in [-0.4, -0.2) is 40.6 Å². The molecule has 0 bridgehead atoms. The molecular formula is C12H16N2O5S. The van der Waals surface area contributed by atoms with Crippen molar-refractivity contribution in [1.82, 2.24) is 10.3 Å². The highest BCUT2D eigenvalue weighted by Crippen LogP contribution is 2.12. The van der Waals surface area contributed by atoms with Crippen LogP contribution in [0.1, 0.15) is 34.4 Å². The number of ether oxygens (including phenoxy) is 1. The van der Waals surface area contributed by atoms with Crippen LogP contribution in [0.4, 0.5) is 0 Å². The van der Waals surface area contributed by atoms with Crippen molar-refractivity contribution in [3.63, 3.8) is 0 Å². The minimum absolute atomic E-state index is 0.0162. The van der Waals surface area contributed by atoms with Gasteiger partial charge in [0.25, 0.3) is 5.91 Å². The van der Waals surface area contributed by atoms with Crippen molar-refractivity contribution in [3.05, 3.63) is 16.1 Å². The van der Waals surface area contributed by atoms with E-state index in [1.165, 1.54) is 17.5 Å². The number of esters is 1. The summed E-state index contributed by atoms with van der Waals surface area (Å²) in [6.45, 7) is 3.65. The summed E-state index contributed by atoms with van der Waals surface area (Å²) in [4.78, 5) is 38.3. The standard InChI is InChI=1S/C12H16N2O5S/c1-3-19-10(15)5-4-8(12(17)18)14-11(16)9-6-13-7(2)20-9/h6,8H,3-5H2,1-2H3,(H,14,16)(H,17,18)/t8-/m0/s1. The lowest BCUT2D eigenvalue weighted by atomic mass is 10.1. The summed E-state index contributed by atoms with van der Waals surface area (Å²) in [5.41, 5.74) is 0. The highest BCUT2D eigenvalue weighted by atomic mass is 32.1. The zero-order chi connectivity index (χ0) is 15.1. The minimum atomic E-state index is -1.19.